The number of unbranched alkanes of at least 4 members (excludes halogenated alkanes) is 3. The Balaban J connectivity index is 2.75. The lowest BCUT2D eigenvalue weighted by atomic mass is 9.99. The zero-order valence-corrected chi connectivity index (χ0v) is 11.0. The van der Waals surface area contributed by atoms with E-state index in [1.807, 2.05) is 0 Å². The van der Waals surface area contributed by atoms with Gasteiger partial charge in [0.1, 0.15) is 0 Å². The number of rotatable bonds is 6. The number of halogens is 3. The van der Waals surface area contributed by atoms with Crippen LogP contribution in [0.3, 0.4) is 0 Å². The molecule has 0 saturated heterocycles. The summed E-state index contributed by atoms with van der Waals surface area (Å²) < 4.78 is 37.8. The summed E-state index contributed by atoms with van der Waals surface area (Å²) in [6, 6.07) is 3.08. The first-order chi connectivity index (χ1) is 8.86. The van der Waals surface area contributed by atoms with E-state index in [9.17, 15) is 18.3 Å². The van der Waals surface area contributed by atoms with Crippen molar-refractivity contribution >= 4 is 5.69 Å². The average Bonchev–Trinajstić information content (AvgIpc) is 2.33. The summed E-state index contributed by atoms with van der Waals surface area (Å²) in [5, 5.41) is 9.94. The molecule has 0 aliphatic rings. The molecule has 0 bridgehead atoms. The molecule has 0 aliphatic carbocycles. The maximum Gasteiger partial charge on any atom is 0.416 e. The van der Waals surface area contributed by atoms with E-state index in [1.54, 1.807) is 0 Å². The molecule has 3 N–H and O–H groups in total. The molecule has 1 aromatic rings. The highest BCUT2D eigenvalue weighted by molar-refractivity contribution is 5.50. The van der Waals surface area contributed by atoms with Gasteiger partial charge in [0, 0.05) is 11.3 Å². The third kappa shape index (κ3) is 4.74. The van der Waals surface area contributed by atoms with Gasteiger partial charge in [-0.15, -0.1) is 0 Å². The lowest BCUT2D eigenvalue weighted by Crippen LogP contribution is -2.09. The number of aliphatic hydroxyl groups is 1. The first-order valence-electron chi connectivity index (χ1n) is 6.51. The third-order valence-corrected chi connectivity index (χ3v) is 3.10. The fraction of sp³-hybridized carbons (Fsp3) is 0.571. The Bertz CT molecular complexity index is 404. The van der Waals surface area contributed by atoms with Gasteiger partial charge in [-0.3, -0.25) is 0 Å². The molecule has 1 unspecified atom stereocenters. The highest BCUT2D eigenvalue weighted by Gasteiger charge is 2.31. The van der Waals surface area contributed by atoms with Crippen LogP contribution >= 0.6 is 0 Å². The number of nitrogen functional groups attached to an aromatic ring is 1. The van der Waals surface area contributed by atoms with Crippen LogP contribution in [-0.2, 0) is 6.18 Å². The number of benzene rings is 1. The molecule has 0 spiro atoms. The molecule has 1 atom stereocenters. The van der Waals surface area contributed by atoms with Gasteiger partial charge in [-0.05, 0) is 24.6 Å². The fourth-order valence-electron chi connectivity index (χ4n) is 1.96. The van der Waals surface area contributed by atoms with Crippen molar-refractivity contribution in [1.82, 2.24) is 0 Å². The van der Waals surface area contributed by atoms with Crippen LogP contribution in [0.15, 0.2) is 18.2 Å². The number of nitrogens with two attached hydrogens (primary N) is 1. The molecular formula is C14H20F3NO. The number of hydrogen-bond donors (Lipinski definition) is 2. The van der Waals surface area contributed by atoms with Gasteiger partial charge in [-0.25, -0.2) is 0 Å². The Labute approximate surface area is 111 Å². The van der Waals surface area contributed by atoms with Crippen LogP contribution in [0, 0.1) is 0 Å². The van der Waals surface area contributed by atoms with Crippen molar-refractivity contribution < 1.29 is 18.3 Å². The van der Waals surface area contributed by atoms with Crippen LogP contribution in [0.4, 0.5) is 18.9 Å². The van der Waals surface area contributed by atoms with Crippen LogP contribution in [0.5, 0.6) is 0 Å². The predicted octanol–water partition coefficient (Wildman–Crippen LogP) is 4.29. The van der Waals surface area contributed by atoms with E-state index < -0.39 is 17.8 Å². The molecule has 0 aromatic heterocycles. The lowest BCUT2D eigenvalue weighted by Gasteiger charge is -2.16. The van der Waals surface area contributed by atoms with Gasteiger partial charge in [-0.1, -0.05) is 32.6 Å². The van der Waals surface area contributed by atoms with Crippen molar-refractivity contribution in [2.75, 3.05) is 5.73 Å². The summed E-state index contributed by atoms with van der Waals surface area (Å²) >= 11 is 0. The first-order valence-corrected chi connectivity index (χ1v) is 6.51. The summed E-state index contributed by atoms with van der Waals surface area (Å²) in [6.45, 7) is 2.07. The summed E-state index contributed by atoms with van der Waals surface area (Å²) in [5.41, 5.74) is 5.24. The molecular weight excluding hydrogens is 255 g/mol. The molecule has 1 rings (SSSR count). The molecule has 0 saturated carbocycles. The lowest BCUT2D eigenvalue weighted by molar-refractivity contribution is -0.137. The van der Waals surface area contributed by atoms with E-state index in [-0.39, 0.29) is 11.3 Å². The minimum atomic E-state index is -4.41. The first kappa shape index (κ1) is 15.8. The van der Waals surface area contributed by atoms with E-state index in [4.69, 9.17) is 5.73 Å². The Hall–Kier alpha value is -1.23. The van der Waals surface area contributed by atoms with Gasteiger partial charge in [0.2, 0.25) is 0 Å². The Morgan fingerprint density at radius 3 is 2.47 bits per heavy atom. The Morgan fingerprint density at radius 2 is 1.89 bits per heavy atom. The molecule has 19 heavy (non-hydrogen) atoms. The second-order valence-electron chi connectivity index (χ2n) is 4.71. The van der Waals surface area contributed by atoms with Crippen LogP contribution in [0.2, 0.25) is 0 Å². The topological polar surface area (TPSA) is 46.2 Å². The van der Waals surface area contributed by atoms with Crippen molar-refractivity contribution in [3.8, 4) is 0 Å². The zero-order valence-electron chi connectivity index (χ0n) is 11.0. The van der Waals surface area contributed by atoms with Crippen molar-refractivity contribution in [2.45, 2.75) is 51.3 Å². The van der Waals surface area contributed by atoms with Crippen LogP contribution in [-0.4, -0.2) is 5.11 Å². The van der Waals surface area contributed by atoms with Gasteiger partial charge in [0.25, 0.3) is 0 Å². The standard InChI is InChI=1S/C14H20F3NO/c1-2-3-4-5-6-13(19)11-9-10(14(15,16)17)7-8-12(11)18/h7-9,13,19H,2-6,18H2,1H3. The molecule has 0 amide bonds. The highest BCUT2D eigenvalue weighted by Crippen LogP contribution is 2.34. The van der Waals surface area contributed by atoms with Gasteiger partial charge < -0.3 is 10.8 Å². The van der Waals surface area contributed by atoms with Crippen LogP contribution < -0.4 is 5.73 Å². The second-order valence-corrected chi connectivity index (χ2v) is 4.71. The minimum absolute atomic E-state index is 0.173. The van der Waals surface area contributed by atoms with Crippen LogP contribution in [0.1, 0.15) is 56.3 Å². The summed E-state index contributed by atoms with van der Waals surface area (Å²) in [7, 11) is 0. The number of aliphatic hydroxyl groups excluding tert-OH is 1. The molecule has 108 valence electrons. The molecule has 2 nitrogen and oxygen atoms in total. The highest BCUT2D eigenvalue weighted by atomic mass is 19.4. The van der Waals surface area contributed by atoms with Gasteiger partial charge in [0.05, 0.1) is 11.7 Å². The largest absolute Gasteiger partial charge is 0.416 e. The quantitative estimate of drug-likeness (QED) is 0.601. The molecule has 0 aliphatic heterocycles. The normalized spacial score (nSPS) is 13.5. The number of alkyl halides is 3. The summed E-state index contributed by atoms with van der Waals surface area (Å²) in [5.74, 6) is 0. The minimum Gasteiger partial charge on any atom is -0.398 e. The number of anilines is 1. The summed E-state index contributed by atoms with van der Waals surface area (Å²) in [6.07, 6.45) is -1.03. The van der Waals surface area contributed by atoms with E-state index in [1.165, 1.54) is 6.07 Å². The van der Waals surface area contributed by atoms with Gasteiger partial charge >= 0.3 is 6.18 Å². The fourth-order valence-corrected chi connectivity index (χ4v) is 1.96. The molecule has 0 fully saturated rings. The third-order valence-electron chi connectivity index (χ3n) is 3.10. The number of hydrogen-bond acceptors (Lipinski definition) is 2. The smallest absolute Gasteiger partial charge is 0.398 e. The Kier molecular flexibility index (Phi) is 5.66. The summed E-state index contributed by atoms with van der Waals surface area (Å²) in [4.78, 5) is 0. The van der Waals surface area contributed by atoms with E-state index in [0.29, 0.717) is 6.42 Å². The molecule has 1 aromatic carbocycles. The average molecular weight is 275 g/mol. The molecule has 0 heterocycles. The Morgan fingerprint density at radius 1 is 1.21 bits per heavy atom. The zero-order chi connectivity index (χ0) is 14.5. The van der Waals surface area contributed by atoms with Crippen molar-refractivity contribution in [2.24, 2.45) is 0 Å². The monoisotopic (exact) mass is 275 g/mol. The van der Waals surface area contributed by atoms with E-state index in [2.05, 4.69) is 6.92 Å². The second kappa shape index (κ2) is 6.80. The van der Waals surface area contributed by atoms with Crippen molar-refractivity contribution in [3.05, 3.63) is 29.3 Å². The van der Waals surface area contributed by atoms with Crippen molar-refractivity contribution in [3.63, 3.8) is 0 Å². The molecule has 5 heteroatoms. The molecule has 0 radical (unpaired) electrons. The van der Waals surface area contributed by atoms with E-state index in [0.717, 1.165) is 37.8 Å². The van der Waals surface area contributed by atoms with E-state index >= 15 is 0 Å². The maximum atomic E-state index is 12.6. The SMILES string of the molecule is CCCCCCC(O)c1cc(C(F)(F)F)ccc1N. The maximum absolute atomic E-state index is 12.6. The predicted molar refractivity (Wildman–Crippen MR) is 69.6 cm³/mol. The van der Waals surface area contributed by atoms with Crippen molar-refractivity contribution in [1.29, 1.82) is 0 Å². The van der Waals surface area contributed by atoms with Gasteiger partial charge in [0.15, 0.2) is 0 Å². The van der Waals surface area contributed by atoms with Crippen LogP contribution in [0.25, 0.3) is 0 Å². The van der Waals surface area contributed by atoms with Gasteiger partial charge in [-0.2, -0.15) is 13.2 Å².